The molecule has 5 heteroatoms. The van der Waals surface area contributed by atoms with E-state index in [2.05, 4.69) is 43.2 Å². The summed E-state index contributed by atoms with van der Waals surface area (Å²) in [5, 5.41) is 8.33. The van der Waals surface area contributed by atoms with E-state index in [0.29, 0.717) is 12.3 Å². The first-order valence-electron chi connectivity index (χ1n) is 6.30. The first kappa shape index (κ1) is 13.0. The van der Waals surface area contributed by atoms with Crippen LogP contribution in [0.4, 0.5) is 0 Å². The van der Waals surface area contributed by atoms with Crippen molar-refractivity contribution in [2.75, 3.05) is 0 Å². The molecule has 0 saturated carbocycles. The molecule has 1 aromatic carbocycles. The van der Waals surface area contributed by atoms with Crippen LogP contribution in [0.3, 0.4) is 0 Å². The highest BCUT2D eigenvalue weighted by molar-refractivity contribution is 9.10. The Hall–Kier alpha value is -2.01. The number of pyridine rings is 1. The van der Waals surface area contributed by atoms with Gasteiger partial charge in [0.1, 0.15) is 5.84 Å². The molecule has 1 aliphatic rings. The van der Waals surface area contributed by atoms with E-state index in [-0.39, 0.29) is 5.92 Å². The van der Waals surface area contributed by atoms with Crippen LogP contribution in [0.5, 0.6) is 0 Å². The summed E-state index contributed by atoms with van der Waals surface area (Å²) in [4.78, 5) is 4.20. The van der Waals surface area contributed by atoms with Gasteiger partial charge in [0, 0.05) is 34.8 Å². The van der Waals surface area contributed by atoms with Gasteiger partial charge in [0.05, 0.1) is 5.71 Å². The quantitative estimate of drug-likeness (QED) is 0.920. The highest BCUT2D eigenvalue weighted by Crippen LogP contribution is 2.28. The second kappa shape index (κ2) is 5.54. The number of nitrogens with two attached hydrogens (primary N) is 1. The molecule has 0 aliphatic carbocycles. The Bertz CT molecular complexity index is 679. The van der Waals surface area contributed by atoms with Gasteiger partial charge in [0.25, 0.3) is 0 Å². The van der Waals surface area contributed by atoms with Gasteiger partial charge in [-0.25, -0.2) is 0 Å². The van der Waals surface area contributed by atoms with E-state index >= 15 is 0 Å². The molecule has 0 amide bonds. The van der Waals surface area contributed by atoms with Crippen molar-refractivity contribution < 1.29 is 0 Å². The van der Waals surface area contributed by atoms with Gasteiger partial charge in [0.2, 0.25) is 0 Å². The molecule has 100 valence electrons. The average Bonchev–Trinajstić information content (AvgIpc) is 2.48. The number of rotatable bonds is 2. The number of aromatic nitrogens is 1. The van der Waals surface area contributed by atoms with E-state index in [1.54, 1.807) is 12.4 Å². The van der Waals surface area contributed by atoms with Gasteiger partial charge in [0.15, 0.2) is 0 Å². The highest BCUT2D eigenvalue weighted by Gasteiger charge is 2.24. The van der Waals surface area contributed by atoms with Crippen molar-refractivity contribution in [2.45, 2.75) is 12.3 Å². The molecule has 0 radical (unpaired) electrons. The Morgan fingerprint density at radius 3 is 2.65 bits per heavy atom. The SMILES string of the molecule is NC1=NN=C(c2cncc(Br)c2)C(c2ccccc2)C1. The summed E-state index contributed by atoms with van der Waals surface area (Å²) in [7, 11) is 0. The zero-order chi connectivity index (χ0) is 13.9. The van der Waals surface area contributed by atoms with Crippen molar-refractivity contribution in [3.05, 3.63) is 64.4 Å². The van der Waals surface area contributed by atoms with E-state index < -0.39 is 0 Å². The molecular formula is C15H13BrN4. The average molecular weight is 329 g/mol. The lowest BCUT2D eigenvalue weighted by Crippen LogP contribution is -2.25. The van der Waals surface area contributed by atoms with Crippen LogP contribution < -0.4 is 5.73 Å². The smallest absolute Gasteiger partial charge is 0.123 e. The normalized spacial score (nSPS) is 18.4. The summed E-state index contributed by atoms with van der Waals surface area (Å²) in [6.07, 6.45) is 4.23. The van der Waals surface area contributed by atoms with E-state index in [4.69, 9.17) is 5.73 Å². The second-order valence-corrected chi connectivity index (χ2v) is 5.55. The van der Waals surface area contributed by atoms with E-state index in [9.17, 15) is 0 Å². The van der Waals surface area contributed by atoms with Crippen LogP contribution in [-0.4, -0.2) is 16.5 Å². The van der Waals surface area contributed by atoms with Crippen molar-refractivity contribution in [1.82, 2.24) is 4.98 Å². The molecule has 2 heterocycles. The lowest BCUT2D eigenvalue weighted by molar-refractivity contribution is 0.886. The van der Waals surface area contributed by atoms with Gasteiger partial charge in [-0.05, 0) is 27.6 Å². The standard InChI is InChI=1S/C15H13BrN4/c16-12-6-11(8-18-9-12)15-13(7-14(17)19-20-15)10-4-2-1-3-5-10/h1-6,8-9,13H,7H2,(H2,17,19). The van der Waals surface area contributed by atoms with Gasteiger partial charge < -0.3 is 5.73 Å². The number of benzene rings is 1. The fourth-order valence-corrected chi connectivity index (χ4v) is 2.67. The monoisotopic (exact) mass is 328 g/mol. The van der Waals surface area contributed by atoms with Crippen LogP contribution in [0.25, 0.3) is 0 Å². The fraction of sp³-hybridized carbons (Fsp3) is 0.133. The van der Waals surface area contributed by atoms with Crippen molar-refractivity contribution in [3.8, 4) is 0 Å². The predicted octanol–water partition coefficient (Wildman–Crippen LogP) is 3.09. The Balaban J connectivity index is 2.06. The highest BCUT2D eigenvalue weighted by atomic mass is 79.9. The molecule has 0 saturated heterocycles. The maximum absolute atomic E-state index is 5.85. The van der Waals surface area contributed by atoms with Gasteiger partial charge in [-0.2, -0.15) is 5.10 Å². The topological polar surface area (TPSA) is 63.6 Å². The molecule has 3 rings (SSSR count). The zero-order valence-electron chi connectivity index (χ0n) is 10.7. The van der Waals surface area contributed by atoms with Crippen molar-refractivity contribution in [1.29, 1.82) is 0 Å². The number of halogens is 1. The molecule has 0 fully saturated rings. The summed E-state index contributed by atoms with van der Waals surface area (Å²) < 4.78 is 0.923. The Morgan fingerprint density at radius 2 is 1.90 bits per heavy atom. The third-order valence-electron chi connectivity index (χ3n) is 3.23. The summed E-state index contributed by atoms with van der Waals surface area (Å²) in [6.45, 7) is 0. The summed E-state index contributed by atoms with van der Waals surface area (Å²) in [5.74, 6) is 0.676. The molecule has 2 N–H and O–H groups in total. The van der Waals surface area contributed by atoms with Crippen LogP contribution in [-0.2, 0) is 0 Å². The van der Waals surface area contributed by atoms with Crippen LogP contribution >= 0.6 is 15.9 Å². The zero-order valence-corrected chi connectivity index (χ0v) is 12.3. The number of nitrogens with zero attached hydrogens (tertiary/aromatic N) is 3. The van der Waals surface area contributed by atoms with Crippen molar-refractivity contribution in [2.24, 2.45) is 15.9 Å². The van der Waals surface area contributed by atoms with Gasteiger partial charge in [-0.15, -0.1) is 5.10 Å². The van der Waals surface area contributed by atoms with E-state index in [1.807, 2.05) is 24.3 Å². The van der Waals surface area contributed by atoms with Crippen molar-refractivity contribution >= 4 is 27.5 Å². The summed E-state index contributed by atoms with van der Waals surface area (Å²) in [6, 6.07) is 12.2. The van der Waals surface area contributed by atoms with Gasteiger partial charge in [-0.1, -0.05) is 30.3 Å². The van der Waals surface area contributed by atoms with Crippen LogP contribution in [0, 0.1) is 0 Å². The molecule has 0 bridgehead atoms. The number of hydrogen-bond donors (Lipinski definition) is 1. The minimum atomic E-state index is 0.116. The lowest BCUT2D eigenvalue weighted by atomic mass is 9.87. The Morgan fingerprint density at radius 1 is 1.10 bits per heavy atom. The van der Waals surface area contributed by atoms with Crippen LogP contribution in [0.1, 0.15) is 23.5 Å². The Labute approximate surface area is 125 Å². The molecule has 1 unspecified atom stereocenters. The predicted molar refractivity (Wildman–Crippen MR) is 83.9 cm³/mol. The molecule has 1 aromatic heterocycles. The fourth-order valence-electron chi connectivity index (χ4n) is 2.31. The minimum absolute atomic E-state index is 0.116. The molecule has 2 aromatic rings. The maximum atomic E-state index is 5.85. The van der Waals surface area contributed by atoms with Crippen LogP contribution in [0.2, 0.25) is 0 Å². The number of amidine groups is 1. The first-order chi connectivity index (χ1) is 9.74. The minimum Gasteiger partial charge on any atom is -0.386 e. The molecule has 4 nitrogen and oxygen atoms in total. The maximum Gasteiger partial charge on any atom is 0.123 e. The first-order valence-corrected chi connectivity index (χ1v) is 7.09. The lowest BCUT2D eigenvalue weighted by Gasteiger charge is -2.21. The molecule has 20 heavy (non-hydrogen) atoms. The Kier molecular flexibility index (Phi) is 3.60. The summed E-state index contributed by atoms with van der Waals surface area (Å²) >= 11 is 3.44. The second-order valence-electron chi connectivity index (χ2n) is 4.64. The van der Waals surface area contributed by atoms with Gasteiger partial charge >= 0.3 is 0 Å². The largest absolute Gasteiger partial charge is 0.386 e. The third-order valence-corrected chi connectivity index (χ3v) is 3.67. The van der Waals surface area contributed by atoms with Crippen LogP contribution in [0.15, 0.2) is 63.5 Å². The molecule has 1 atom stereocenters. The summed E-state index contributed by atoms with van der Waals surface area (Å²) in [5.41, 5.74) is 8.90. The van der Waals surface area contributed by atoms with Crippen molar-refractivity contribution in [3.63, 3.8) is 0 Å². The third kappa shape index (κ3) is 2.63. The van der Waals surface area contributed by atoms with E-state index in [0.717, 1.165) is 15.7 Å². The molecule has 0 spiro atoms. The number of hydrogen-bond acceptors (Lipinski definition) is 4. The van der Waals surface area contributed by atoms with E-state index in [1.165, 1.54) is 5.56 Å². The molecular weight excluding hydrogens is 316 g/mol. The molecule has 1 aliphatic heterocycles. The van der Waals surface area contributed by atoms with Gasteiger partial charge in [-0.3, -0.25) is 4.98 Å².